The second kappa shape index (κ2) is 13.3. The predicted octanol–water partition coefficient (Wildman–Crippen LogP) is 5.40. The molecule has 256 valence electrons. The molecule has 8 rings (SSSR count). The third-order valence-electron chi connectivity index (χ3n) is 9.93. The summed E-state index contributed by atoms with van der Waals surface area (Å²) in [6.45, 7) is 8.66. The predicted molar refractivity (Wildman–Crippen MR) is 183 cm³/mol. The number of amides is 1. The number of fused-ring (bicyclic) bond motifs is 4. The first-order chi connectivity index (χ1) is 23.1. The van der Waals surface area contributed by atoms with Crippen molar-refractivity contribution in [3.63, 3.8) is 0 Å². The molecule has 48 heavy (non-hydrogen) atoms. The maximum atomic E-state index is 12.4. The number of para-hydroxylation sites is 1. The molecule has 2 bridgehead atoms. The second-order valence-electron chi connectivity index (χ2n) is 14.5. The number of nitrogen functional groups attached to an aromatic ring is 1. The Morgan fingerprint density at radius 1 is 0.917 bits per heavy atom. The normalized spacial score (nSPS) is 24.6. The quantitative estimate of drug-likeness (QED) is 0.338. The summed E-state index contributed by atoms with van der Waals surface area (Å²) >= 11 is 0. The van der Waals surface area contributed by atoms with Crippen molar-refractivity contribution >= 4 is 23.3 Å². The third kappa shape index (κ3) is 7.08. The average molecular weight is 658 g/mol. The standard InChI is InChI=1S/C36H47N7O5/c1-36(2,3)48-35(45)41-15-12-26(13-16-41)46-27-18-28(19-27)47-33-17-23(11-14-38-33)42-21-25-8-6-7-24(42)22-43(25)31-20-30(39-40-34(31)37)29-9-4-5-10-32(29)44/h4-5,9-11,14,17,20,24-28,44H,6-8,12-13,15-16,18-19,21-22H2,1-3H3,(H2,37,40)/t24?,25?,27-,28-. The van der Waals surface area contributed by atoms with E-state index in [1.165, 1.54) is 0 Å². The first kappa shape index (κ1) is 32.2. The number of benzene rings is 1. The molecule has 12 nitrogen and oxygen atoms in total. The fourth-order valence-electron chi connectivity index (χ4n) is 7.40. The molecule has 6 heterocycles. The molecule has 1 amide bonds. The third-order valence-corrected chi connectivity index (χ3v) is 9.93. The van der Waals surface area contributed by atoms with E-state index in [0.29, 0.717) is 42.1 Å². The van der Waals surface area contributed by atoms with Gasteiger partial charge in [0.05, 0.1) is 23.6 Å². The summed E-state index contributed by atoms with van der Waals surface area (Å²) in [5.74, 6) is 1.22. The number of hydrogen-bond acceptors (Lipinski definition) is 11. The summed E-state index contributed by atoms with van der Waals surface area (Å²) in [5.41, 5.74) is 9.16. The molecule has 5 aliphatic rings. The minimum atomic E-state index is -0.484. The minimum absolute atomic E-state index is 0.0797. The number of hydrogen-bond donors (Lipinski definition) is 2. The molecule has 2 atom stereocenters. The second-order valence-corrected chi connectivity index (χ2v) is 14.5. The Morgan fingerprint density at radius 3 is 2.40 bits per heavy atom. The molecule has 4 aliphatic heterocycles. The van der Waals surface area contributed by atoms with E-state index in [2.05, 4.69) is 37.1 Å². The van der Waals surface area contributed by atoms with Crippen LogP contribution in [0.4, 0.5) is 22.0 Å². The van der Waals surface area contributed by atoms with Gasteiger partial charge in [0.15, 0.2) is 5.82 Å². The van der Waals surface area contributed by atoms with Gasteiger partial charge in [0, 0.05) is 74.6 Å². The maximum absolute atomic E-state index is 12.4. The van der Waals surface area contributed by atoms with Gasteiger partial charge in [-0.1, -0.05) is 12.1 Å². The summed E-state index contributed by atoms with van der Waals surface area (Å²) in [7, 11) is 0. The first-order valence-electron chi connectivity index (χ1n) is 17.3. The molecular formula is C36H47N7O5. The fourth-order valence-corrected chi connectivity index (χ4v) is 7.40. The van der Waals surface area contributed by atoms with Crippen LogP contribution in [0.25, 0.3) is 11.3 Å². The number of aromatic nitrogens is 3. The summed E-state index contributed by atoms with van der Waals surface area (Å²) < 4.78 is 18.2. The summed E-state index contributed by atoms with van der Waals surface area (Å²) in [6, 6.07) is 13.8. The molecule has 0 radical (unpaired) electrons. The number of pyridine rings is 1. The van der Waals surface area contributed by atoms with Crippen molar-refractivity contribution in [3.8, 4) is 22.9 Å². The molecule has 0 spiro atoms. The van der Waals surface area contributed by atoms with Gasteiger partial charge in [-0.3, -0.25) is 0 Å². The zero-order valence-corrected chi connectivity index (χ0v) is 28.1. The number of nitrogens with zero attached hydrogens (tertiary/aromatic N) is 6. The molecule has 1 saturated carbocycles. The Morgan fingerprint density at radius 2 is 1.65 bits per heavy atom. The number of carbonyl (C=O) groups is 1. The molecule has 4 saturated heterocycles. The number of aromatic hydroxyl groups is 1. The van der Waals surface area contributed by atoms with E-state index in [4.69, 9.17) is 19.9 Å². The van der Waals surface area contributed by atoms with Crippen LogP contribution >= 0.6 is 0 Å². The van der Waals surface area contributed by atoms with E-state index in [1.807, 2.05) is 45.2 Å². The molecule has 5 fully saturated rings. The van der Waals surface area contributed by atoms with E-state index in [-0.39, 0.29) is 36.2 Å². The van der Waals surface area contributed by atoms with Crippen LogP contribution < -0.4 is 20.3 Å². The first-order valence-corrected chi connectivity index (χ1v) is 17.3. The van der Waals surface area contributed by atoms with Crippen LogP contribution in [-0.4, -0.2) is 93.5 Å². The minimum Gasteiger partial charge on any atom is -0.507 e. The lowest BCUT2D eigenvalue weighted by atomic mass is 9.91. The zero-order valence-electron chi connectivity index (χ0n) is 28.1. The van der Waals surface area contributed by atoms with Crippen LogP contribution in [0.15, 0.2) is 48.7 Å². The van der Waals surface area contributed by atoms with Crippen molar-refractivity contribution in [2.75, 3.05) is 41.7 Å². The van der Waals surface area contributed by atoms with Gasteiger partial charge < -0.3 is 39.8 Å². The highest BCUT2D eigenvalue weighted by atomic mass is 16.6. The molecular weight excluding hydrogens is 610 g/mol. The number of piperazine rings is 1. The van der Waals surface area contributed by atoms with Crippen LogP contribution in [-0.2, 0) is 9.47 Å². The van der Waals surface area contributed by atoms with Crippen molar-refractivity contribution in [3.05, 3.63) is 48.7 Å². The lowest BCUT2D eigenvalue weighted by molar-refractivity contribution is -0.110. The number of likely N-dealkylation sites (tertiary alicyclic amines) is 1. The number of ether oxygens (including phenoxy) is 3. The largest absolute Gasteiger partial charge is 0.507 e. The molecule has 3 N–H and O–H groups in total. The Balaban J connectivity index is 0.934. The van der Waals surface area contributed by atoms with E-state index in [0.717, 1.165) is 69.4 Å². The fraction of sp³-hybridized carbons (Fsp3) is 0.556. The van der Waals surface area contributed by atoms with Gasteiger partial charge in [-0.25, -0.2) is 9.78 Å². The highest BCUT2D eigenvalue weighted by molar-refractivity contribution is 5.74. The summed E-state index contributed by atoms with van der Waals surface area (Å²) in [4.78, 5) is 23.6. The highest BCUT2D eigenvalue weighted by Crippen LogP contribution is 2.39. The van der Waals surface area contributed by atoms with Gasteiger partial charge in [-0.15, -0.1) is 10.2 Å². The Kier molecular flexibility index (Phi) is 8.93. The van der Waals surface area contributed by atoms with Crippen molar-refractivity contribution < 1.29 is 24.1 Å². The van der Waals surface area contributed by atoms with E-state index >= 15 is 0 Å². The van der Waals surface area contributed by atoms with E-state index in [1.54, 1.807) is 17.0 Å². The SMILES string of the molecule is CC(C)(C)OC(=O)N1CCC(O[C@H]2C[C@H](Oc3cc(N4CC5CCCC4CN5c4cc(-c5ccccc5O)nnc4N)ccn3)C2)CC1. The number of piperidine rings is 1. The Bertz CT molecular complexity index is 1600. The number of nitrogens with two attached hydrogens (primary N) is 1. The number of phenols is 1. The highest BCUT2D eigenvalue weighted by Gasteiger charge is 2.39. The Labute approximate surface area is 282 Å². The van der Waals surface area contributed by atoms with Gasteiger partial charge in [0.25, 0.3) is 0 Å². The van der Waals surface area contributed by atoms with Crippen LogP contribution in [0.1, 0.15) is 65.7 Å². The molecule has 2 unspecified atom stereocenters. The Hall–Kier alpha value is -4.32. The van der Waals surface area contributed by atoms with E-state index in [9.17, 15) is 9.90 Å². The van der Waals surface area contributed by atoms with Gasteiger partial charge in [-0.2, -0.15) is 0 Å². The topological polar surface area (TPSA) is 139 Å². The van der Waals surface area contributed by atoms with Gasteiger partial charge in [-0.05, 0) is 77.1 Å². The molecule has 1 aromatic carbocycles. The molecule has 12 heteroatoms. The van der Waals surface area contributed by atoms with E-state index < -0.39 is 5.60 Å². The van der Waals surface area contributed by atoms with Gasteiger partial charge >= 0.3 is 6.09 Å². The summed E-state index contributed by atoms with van der Waals surface area (Å²) in [5, 5.41) is 19.0. The number of carbonyl (C=O) groups excluding carboxylic acids is 1. The van der Waals surface area contributed by atoms with Crippen LogP contribution in [0, 0.1) is 0 Å². The van der Waals surface area contributed by atoms with Crippen molar-refractivity contribution in [2.24, 2.45) is 0 Å². The van der Waals surface area contributed by atoms with Crippen molar-refractivity contribution in [1.29, 1.82) is 0 Å². The maximum Gasteiger partial charge on any atom is 0.410 e. The van der Waals surface area contributed by atoms with Gasteiger partial charge in [0.1, 0.15) is 17.5 Å². The average Bonchev–Trinajstić information content (AvgIpc) is 3.38. The zero-order chi connectivity index (χ0) is 33.4. The lowest BCUT2D eigenvalue weighted by Crippen LogP contribution is -2.57. The molecule has 1 aliphatic carbocycles. The lowest BCUT2D eigenvalue weighted by Gasteiger charge is -2.46. The molecule has 3 aromatic rings. The number of anilines is 3. The van der Waals surface area contributed by atoms with Crippen LogP contribution in [0.2, 0.25) is 0 Å². The van der Waals surface area contributed by atoms with Crippen LogP contribution in [0.5, 0.6) is 11.6 Å². The monoisotopic (exact) mass is 657 g/mol. The number of rotatable bonds is 7. The summed E-state index contributed by atoms with van der Waals surface area (Å²) in [6.07, 6.45) is 8.59. The number of phenolic OH excluding ortho intramolecular Hbond substituents is 1. The van der Waals surface area contributed by atoms with Crippen molar-refractivity contribution in [1.82, 2.24) is 20.1 Å². The van der Waals surface area contributed by atoms with Gasteiger partial charge in [0.2, 0.25) is 5.88 Å². The van der Waals surface area contributed by atoms with Crippen molar-refractivity contribution in [2.45, 2.75) is 102 Å². The molecule has 2 aromatic heterocycles. The van der Waals surface area contributed by atoms with Crippen LogP contribution in [0.3, 0.4) is 0 Å². The smallest absolute Gasteiger partial charge is 0.410 e.